The second-order valence-corrected chi connectivity index (χ2v) is 9.00. The summed E-state index contributed by atoms with van der Waals surface area (Å²) < 4.78 is 16.3. The molecule has 0 spiro atoms. The molecular weight excluding hydrogens is 518 g/mol. The minimum Gasteiger partial charge on any atom is -0.445 e. The number of ether oxygens (including phenoxy) is 2. The van der Waals surface area contributed by atoms with E-state index in [9.17, 15) is 14.4 Å². The highest BCUT2D eigenvalue weighted by Crippen LogP contribution is 2.35. The zero-order chi connectivity index (χ0) is 27.2. The summed E-state index contributed by atoms with van der Waals surface area (Å²) in [6.45, 7) is 0.0303. The highest BCUT2D eigenvalue weighted by molar-refractivity contribution is 6.33. The number of esters is 1. The van der Waals surface area contributed by atoms with Crippen LogP contribution in [0.3, 0.4) is 0 Å². The molecule has 39 heavy (non-hydrogen) atoms. The fourth-order valence-electron chi connectivity index (χ4n) is 4.07. The van der Waals surface area contributed by atoms with Crippen molar-refractivity contribution in [1.29, 1.82) is 0 Å². The maximum atomic E-state index is 13.3. The summed E-state index contributed by atoms with van der Waals surface area (Å²) in [6, 6.07) is 30.2. The van der Waals surface area contributed by atoms with Gasteiger partial charge in [-0.1, -0.05) is 103 Å². The molecule has 0 aliphatic rings. The Morgan fingerprint density at radius 3 is 2.18 bits per heavy atom. The lowest BCUT2D eigenvalue weighted by Crippen LogP contribution is -2.36. The van der Waals surface area contributed by atoms with Gasteiger partial charge in [0.05, 0.1) is 5.02 Å². The van der Waals surface area contributed by atoms with Crippen molar-refractivity contribution in [2.45, 2.75) is 12.6 Å². The molecule has 1 aromatic heterocycles. The van der Waals surface area contributed by atoms with Crippen LogP contribution in [0.1, 0.15) is 17.2 Å². The number of hydrogen-bond donors (Lipinski definition) is 1. The number of fused-ring (bicyclic) bond motifs is 1. The molecule has 8 heteroatoms. The third kappa shape index (κ3) is 6.17. The van der Waals surface area contributed by atoms with E-state index in [-0.39, 0.29) is 23.0 Å². The van der Waals surface area contributed by atoms with Gasteiger partial charge in [0.1, 0.15) is 12.2 Å². The van der Waals surface area contributed by atoms with Crippen molar-refractivity contribution in [2.75, 3.05) is 0 Å². The second-order valence-electron chi connectivity index (χ2n) is 8.59. The molecule has 1 amide bonds. The van der Waals surface area contributed by atoms with Gasteiger partial charge in [-0.05, 0) is 28.3 Å². The number of halogens is 1. The van der Waals surface area contributed by atoms with Crippen molar-refractivity contribution in [2.24, 2.45) is 0 Å². The van der Waals surface area contributed by atoms with E-state index >= 15 is 0 Å². The van der Waals surface area contributed by atoms with Crippen molar-refractivity contribution in [3.05, 3.63) is 136 Å². The molecule has 0 radical (unpaired) electrons. The third-order valence-corrected chi connectivity index (χ3v) is 6.23. The second kappa shape index (κ2) is 11.7. The third-order valence-electron chi connectivity index (χ3n) is 5.94. The Kier molecular flexibility index (Phi) is 7.70. The first kappa shape index (κ1) is 25.8. The van der Waals surface area contributed by atoms with Crippen LogP contribution in [-0.4, -0.2) is 12.1 Å². The quantitative estimate of drug-likeness (QED) is 0.141. The van der Waals surface area contributed by atoms with Crippen molar-refractivity contribution in [3.8, 4) is 16.9 Å². The molecule has 0 bridgehead atoms. The number of amides is 1. The largest absolute Gasteiger partial charge is 0.445 e. The number of nitrogens with one attached hydrogen (secondary N) is 1. The Morgan fingerprint density at radius 1 is 0.846 bits per heavy atom. The molecule has 0 aliphatic heterocycles. The molecule has 5 rings (SSSR count). The lowest BCUT2D eigenvalue weighted by atomic mass is 10.0. The van der Waals surface area contributed by atoms with Crippen molar-refractivity contribution < 1.29 is 23.5 Å². The van der Waals surface area contributed by atoms with Gasteiger partial charge in [-0.2, -0.15) is 0 Å². The van der Waals surface area contributed by atoms with Crippen LogP contribution in [0.4, 0.5) is 4.79 Å². The molecule has 0 fully saturated rings. The summed E-state index contributed by atoms with van der Waals surface area (Å²) in [5.74, 6) is -0.830. The predicted octanol–water partition coefficient (Wildman–Crippen LogP) is 6.69. The van der Waals surface area contributed by atoms with Gasteiger partial charge in [0.2, 0.25) is 0 Å². The first-order chi connectivity index (χ1) is 19.0. The first-order valence-electron chi connectivity index (χ1n) is 12.0. The molecular formula is C31H22ClNO6. The van der Waals surface area contributed by atoms with Crippen LogP contribution in [0.5, 0.6) is 5.75 Å². The summed E-state index contributed by atoms with van der Waals surface area (Å²) in [5.41, 5.74) is 2.34. The van der Waals surface area contributed by atoms with Gasteiger partial charge >= 0.3 is 17.7 Å². The number of hydrogen-bond acceptors (Lipinski definition) is 6. The summed E-state index contributed by atoms with van der Waals surface area (Å²) in [6.07, 6.45) is -0.798. The number of rotatable bonds is 7. The summed E-state index contributed by atoms with van der Waals surface area (Å²) in [7, 11) is 0. The minimum absolute atomic E-state index is 0.0251. The monoisotopic (exact) mass is 539 g/mol. The molecule has 4 aromatic carbocycles. The van der Waals surface area contributed by atoms with Crippen molar-refractivity contribution >= 4 is 34.6 Å². The Labute approximate surface area is 228 Å². The van der Waals surface area contributed by atoms with E-state index in [2.05, 4.69) is 5.32 Å². The number of alkyl carbamates (subject to hydrolysis) is 1. The zero-order valence-corrected chi connectivity index (χ0v) is 21.3. The van der Waals surface area contributed by atoms with Gasteiger partial charge in [-0.25, -0.2) is 14.4 Å². The van der Waals surface area contributed by atoms with E-state index in [1.165, 1.54) is 12.1 Å². The lowest BCUT2D eigenvalue weighted by Gasteiger charge is -2.18. The molecule has 0 saturated heterocycles. The van der Waals surface area contributed by atoms with Crippen LogP contribution >= 0.6 is 11.6 Å². The Bertz CT molecular complexity index is 1670. The van der Waals surface area contributed by atoms with Crippen LogP contribution in [0.25, 0.3) is 22.1 Å². The Hall–Kier alpha value is -4.88. The van der Waals surface area contributed by atoms with Crippen LogP contribution in [0, 0.1) is 0 Å². The van der Waals surface area contributed by atoms with Gasteiger partial charge in [0, 0.05) is 17.5 Å². The van der Waals surface area contributed by atoms with Gasteiger partial charge in [0.15, 0.2) is 11.8 Å². The predicted molar refractivity (Wildman–Crippen MR) is 148 cm³/mol. The van der Waals surface area contributed by atoms with Crippen LogP contribution in [0.2, 0.25) is 5.02 Å². The maximum absolute atomic E-state index is 13.3. The van der Waals surface area contributed by atoms with E-state index in [1.54, 1.807) is 36.4 Å². The average Bonchev–Trinajstić information content (AvgIpc) is 2.96. The lowest BCUT2D eigenvalue weighted by molar-refractivity contribution is -0.136. The Morgan fingerprint density at radius 2 is 1.49 bits per heavy atom. The fourth-order valence-corrected chi connectivity index (χ4v) is 4.27. The Balaban J connectivity index is 1.41. The molecule has 5 aromatic rings. The van der Waals surface area contributed by atoms with E-state index in [1.807, 2.05) is 60.7 Å². The minimum atomic E-state index is -1.19. The van der Waals surface area contributed by atoms with Crippen molar-refractivity contribution in [3.63, 3.8) is 0 Å². The molecule has 1 atom stereocenters. The topological polar surface area (TPSA) is 94.8 Å². The molecule has 194 valence electrons. The maximum Gasteiger partial charge on any atom is 0.408 e. The molecule has 1 heterocycles. The van der Waals surface area contributed by atoms with Crippen LogP contribution < -0.4 is 15.7 Å². The van der Waals surface area contributed by atoms with Gasteiger partial charge in [-0.3, -0.25) is 0 Å². The highest BCUT2D eigenvalue weighted by atomic mass is 35.5. The van der Waals surface area contributed by atoms with Gasteiger partial charge in [-0.15, -0.1) is 0 Å². The normalized spacial score (nSPS) is 11.5. The van der Waals surface area contributed by atoms with E-state index in [4.69, 9.17) is 25.5 Å². The smallest absolute Gasteiger partial charge is 0.408 e. The number of benzene rings is 4. The average molecular weight is 540 g/mol. The standard InChI is InChI=1S/C31H22ClNO6/c32-25-16-24-23(21-12-6-2-7-13-21)17-28(34)38-26(24)18-27(25)39-30(35)29(22-14-8-3-9-15-22)33-31(36)37-19-20-10-4-1-5-11-20/h1-18,29H,19H2,(H,33,36)/t29-/m0/s1. The van der Waals surface area contributed by atoms with E-state index in [0.29, 0.717) is 16.5 Å². The SMILES string of the molecule is O=C(N[C@H](C(=O)Oc1cc2oc(=O)cc(-c3ccccc3)c2cc1Cl)c1ccccc1)OCc1ccccc1. The van der Waals surface area contributed by atoms with Gasteiger partial charge in [0.25, 0.3) is 0 Å². The molecule has 0 saturated carbocycles. The summed E-state index contributed by atoms with van der Waals surface area (Å²) >= 11 is 6.51. The van der Waals surface area contributed by atoms with Crippen LogP contribution in [0.15, 0.2) is 118 Å². The molecule has 7 nitrogen and oxygen atoms in total. The van der Waals surface area contributed by atoms with E-state index < -0.39 is 23.7 Å². The number of carbonyl (C=O) groups is 2. The number of carbonyl (C=O) groups excluding carboxylic acids is 2. The zero-order valence-electron chi connectivity index (χ0n) is 20.5. The van der Waals surface area contributed by atoms with Gasteiger partial charge < -0.3 is 19.2 Å². The molecule has 0 aliphatic carbocycles. The summed E-state index contributed by atoms with van der Waals surface area (Å²) in [4.78, 5) is 38.2. The van der Waals surface area contributed by atoms with Crippen LogP contribution in [-0.2, 0) is 16.1 Å². The first-order valence-corrected chi connectivity index (χ1v) is 12.4. The van der Waals surface area contributed by atoms with E-state index in [0.717, 1.165) is 11.1 Å². The molecule has 0 unspecified atom stereocenters. The fraction of sp³-hybridized carbons (Fsp3) is 0.0645. The summed E-state index contributed by atoms with van der Waals surface area (Å²) in [5, 5.41) is 3.27. The molecule has 1 N–H and O–H groups in total. The van der Waals surface area contributed by atoms with Crippen molar-refractivity contribution in [1.82, 2.24) is 5.32 Å². The highest BCUT2D eigenvalue weighted by Gasteiger charge is 2.27.